The van der Waals surface area contributed by atoms with Gasteiger partial charge in [-0.05, 0) is 37.0 Å². The van der Waals surface area contributed by atoms with Gasteiger partial charge in [0.15, 0.2) is 9.84 Å². The minimum absolute atomic E-state index is 0.266. The van der Waals surface area contributed by atoms with Gasteiger partial charge in [0.2, 0.25) is 6.08 Å². The Labute approximate surface area is 100 Å². The van der Waals surface area contributed by atoms with E-state index in [2.05, 4.69) is 4.99 Å². The third-order valence-corrected chi connectivity index (χ3v) is 4.35. The number of sulfone groups is 1. The van der Waals surface area contributed by atoms with Crippen LogP contribution in [0.25, 0.3) is 0 Å². The number of carbonyl (C=O) groups excluding carboxylic acids is 1. The van der Waals surface area contributed by atoms with Gasteiger partial charge in [-0.15, -0.1) is 0 Å². The number of isocyanates is 1. The molecule has 17 heavy (non-hydrogen) atoms. The van der Waals surface area contributed by atoms with Gasteiger partial charge in [0.05, 0.1) is 10.4 Å². The van der Waals surface area contributed by atoms with Gasteiger partial charge in [0, 0.05) is 6.26 Å². The van der Waals surface area contributed by atoms with Crippen LogP contribution >= 0.6 is 0 Å². The molecule has 0 N–H and O–H groups in total. The van der Waals surface area contributed by atoms with Crippen molar-refractivity contribution >= 4 is 15.9 Å². The van der Waals surface area contributed by atoms with E-state index in [-0.39, 0.29) is 4.90 Å². The molecule has 0 unspecified atom stereocenters. The molecule has 1 aliphatic carbocycles. The van der Waals surface area contributed by atoms with Crippen LogP contribution in [0.15, 0.2) is 34.2 Å². The predicted octanol–water partition coefficient (Wildman–Crippen LogP) is 1.81. The average Bonchev–Trinajstić information content (AvgIpc) is 2.22. The molecule has 1 aromatic carbocycles. The molecule has 0 radical (unpaired) electrons. The fourth-order valence-electron chi connectivity index (χ4n) is 2.08. The number of hydrogen-bond acceptors (Lipinski definition) is 4. The maximum atomic E-state index is 11.5. The largest absolute Gasteiger partial charge is 0.235 e. The molecule has 5 heteroatoms. The van der Waals surface area contributed by atoms with Crippen LogP contribution in [-0.2, 0) is 20.2 Å². The van der Waals surface area contributed by atoms with Crippen LogP contribution < -0.4 is 0 Å². The molecule has 0 saturated heterocycles. The van der Waals surface area contributed by atoms with E-state index in [1.807, 2.05) is 6.07 Å². The summed E-state index contributed by atoms with van der Waals surface area (Å²) in [5.74, 6) is 0. The molecule has 0 spiro atoms. The van der Waals surface area contributed by atoms with Gasteiger partial charge in [0.1, 0.15) is 0 Å². The van der Waals surface area contributed by atoms with Crippen LogP contribution in [0.3, 0.4) is 0 Å². The first-order valence-corrected chi connectivity index (χ1v) is 7.27. The molecular formula is C12H13NO3S. The van der Waals surface area contributed by atoms with Gasteiger partial charge in [-0.3, -0.25) is 0 Å². The highest BCUT2D eigenvalue weighted by Gasteiger charge is 2.39. The van der Waals surface area contributed by atoms with Crippen LogP contribution in [0.5, 0.6) is 0 Å². The summed E-state index contributed by atoms with van der Waals surface area (Å²) < 4.78 is 22.9. The summed E-state index contributed by atoms with van der Waals surface area (Å²) >= 11 is 0. The van der Waals surface area contributed by atoms with Crippen LogP contribution in [0.2, 0.25) is 0 Å². The first-order chi connectivity index (χ1) is 7.98. The van der Waals surface area contributed by atoms with Gasteiger partial charge in [-0.25, -0.2) is 13.2 Å². The van der Waals surface area contributed by atoms with Crippen LogP contribution in [0, 0.1) is 0 Å². The van der Waals surface area contributed by atoms with Crippen molar-refractivity contribution in [1.82, 2.24) is 0 Å². The van der Waals surface area contributed by atoms with Crippen molar-refractivity contribution in [3.63, 3.8) is 0 Å². The fourth-order valence-corrected chi connectivity index (χ4v) is 2.75. The monoisotopic (exact) mass is 251 g/mol. The Morgan fingerprint density at radius 1 is 1.35 bits per heavy atom. The van der Waals surface area contributed by atoms with Crippen LogP contribution in [0.4, 0.5) is 0 Å². The lowest BCUT2D eigenvalue weighted by Crippen LogP contribution is -2.32. The summed E-state index contributed by atoms with van der Waals surface area (Å²) in [7, 11) is -3.22. The van der Waals surface area contributed by atoms with Gasteiger partial charge >= 0.3 is 0 Å². The number of rotatable bonds is 3. The Balaban J connectivity index is 2.50. The molecule has 2 rings (SSSR count). The quantitative estimate of drug-likeness (QED) is 0.608. The van der Waals surface area contributed by atoms with E-state index in [1.54, 1.807) is 24.3 Å². The molecule has 90 valence electrons. The molecule has 0 bridgehead atoms. The minimum atomic E-state index is -3.22. The van der Waals surface area contributed by atoms with Crippen molar-refractivity contribution in [1.29, 1.82) is 0 Å². The zero-order valence-corrected chi connectivity index (χ0v) is 10.3. The molecule has 0 heterocycles. The summed E-state index contributed by atoms with van der Waals surface area (Å²) in [6.07, 6.45) is 5.30. The Kier molecular flexibility index (Phi) is 2.89. The SMILES string of the molecule is CS(=O)(=O)c1cccc(C2(N=C=O)CCC2)c1. The fraction of sp³-hybridized carbons (Fsp3) is 0.417. The topological polar surface area (TPSA) is 63.6 Å². The summed E-state index contributed by atoms with van der Waals surface area (Å²) in [5.41, 5.74) is 0.248. The highest BCUT2D eigenvalue weighted by atomic mass is 32.2. The standard InChI is InChI=1S/C12H13NO3S/c1-17(15,16)11-5-2-4-10(8-11)12(13-9-14)6-3-7-12/h2,4-5,8H,3,6-7H2,1H3. The lowest BCUT2D eigenvalue weighted by molar-refractivity contribution is 0.255. The molecule has 0 aliphatic heterocycles. The number of benzene rings is 1. The first-order valence-electron chi connectivity index (χ1n) is 5.38. The molecule has 0 amide bonds. The third-order valence-electron chi connectivity index (χ3n) is 3.24. The summed E-state index contributed by atoms with van der Waals surface area (Å²) in [6.45, 7) is 0. The molecule has 1 aromatic rings. The van der Waals surface area contributed by atoms with Crippen LogP contribution in [-0.4, -0.2) is 20.8 Å². The average molecular weight is 251 g/mol. The Bertz CT molecular complexity index is 582. The van der Waals surface area contributed by atoms with Crippen molar-refractivity contribution in [2.75, 3.05) is 6.26 Å². The van der Waals surface area contributed by atoms with Gasteiger partial charge in [-0.2, -0.15) is 4.99 Å². The van der Waals surface area contributed by atoms with Crippen LogP contribution in [0.1, 0.15) is 24.8 Å². The maximum absolute atomic E-state index is 11.5. The van der Waals surface area contributed by atoms with Crippen molar-refractivity contribution in [2.45, 2.75) is 29.7 Å². The Hall–Kier alpha value is -1.45. The number of nitrogens with zero attached hydrogens (tertiary/aromatic N) is 1. The maximum Gasteiger partial charge on any atom is 0.235 e. The first kappa shape index (κ1) is 12.0. The van der Waals surface area contributed by atoms with E-state index in [1.165, 1.54) is 6.26 Å². The Morgan fingerprint density at radius 2 is 2.06 bits per heavy atom. The van der Waals surface area contributed by atoms with Crippen molar-refractivity contribution in [3.8, 4) is 0 Å². The highest BCUT2D eigenvalue weighted by Crippen LogP contribution is 2.44. The van der Waals surface area contributed by atoms with E-state index in [0.29, 0.717) is 0 Å². The van der Waals surface area contributed by atoms with E-state index in [9.17, 15) is 13.2 Å². The summed E-state index contributed by atoms with van der Waals surface area (Å²) in [6, 6.07) is 6.66. The second-order valence-corrected chi connectivity index (χ2v) is 6.40. The van der Waals surface area contributed by atoms with Gasteiger partial charge in [0.25, 0.3) is 0 Å². The molecule has 0 aromatic heterocycles. The zero-order chi connectivity index (χ0) is 12.5. The molecule has 1 fully saturated rings. The van der Waals surface area contributed by atoms with Crippen molar-refractivity contribution < 1.29 is 13.2 Å². The number of aliphatic imine (C=N–C) groups is 1. The van der Waals surface area contributed by atoms with Crippen molar-refractivity contribution in [2.24, 2.45) is 4.99 Å². The third kappa shape index (κ3) is 2.16. The highest BCUT2D eigenvalue weighted by molar-refractivity contribution is 7.90. The second kappa shape index (κ2) is 4.09. The number of hydrogen-bond donors (Lipinski definition) is 0. The van der Waals surface area contributed by atoms with E-state index in [0.717, 1.165) is 24.8 Å². The molecule has 0 atom stereocenters. The molecule has 1 saturated carbocycles. The van der Waals surface area contributed by atoms with Crippen molar-refractivity contribution in [3.05, 3.63) is 29.8 Å². The summed E-state index contributed by atoms with van der Waals surface area (Å²) in [4.78, 5) is 14.6. The lowest BCUT2D eigenvalue weighted by atomic mass is 9.72. The normalized spacial score (nSPS) is 17.9. The minimum Gasteiger partial charge on any atom is -0.224 e. The van der Waals surface area contributed by atoms with E-state index in [4.69, 9.17) is 0 Å². The van der Waals surface area contributed by atoms with Gasteiger partial charge in [-0.1, -0.05) is 12.1 Å². The Morgan fingerprint density at radius 3 is 2.53 bits per heavy atom. The predicted molar refractivity (Wildman–Crippen MR) is 63.2 cm³/mol. The van der Waals surface area contributed by atoms with Gasteiger partial charge < -0.3 is 0 Å². The van der Waals surface area contributed by atoms with E-state index >= 15 is 0 Å². The zero-order valence-electron chi connectivity index (χ0n) is 9.51. The smallest absolute Gasteiger partial charge is 0.224 e. The molecule has 4 nitrogen and oxygen atoms in total. The molecular weight excluding hydrogens is 238 g/mol. The molecule has 1 aliphatic rings. The second-order valence-electron chi connectivity index (χ2n) is 4.39. The van der Waals surface area contributed by atoms with E-state index < -0.39 is 15.4 Å². The summed E-state index contributed by atoms with van der Waals surface area (Å²) in [5, 5.41) is 0. The lowest BCUT2D eigenvalue weighted by Gasteiger charge is -2.37.